The molecule has 2 aromatic carbocycles. The van der Waals surface area contributed by atoms with Crippen LogP contribution in [0.2, 0.25) is 0 Å². The predicted octanol–water partition coefficient (Wildman–Crippen LogP) is 4.07. The molecule has 0 atom stereocenters. The number of anilines is 1. The first kappa shape index (κ1) is 23.9. The SMILES string of the molecule is Cc1ccc(-c2n[nH]c(=S)n2CC(=O)NCCNc2ccc(C(F)(F)F)cc2[N+](=O)[O-])cc1. The number of aryl methyl sites for hydroxylation is 1. The first-order chi connectivity index (χ1) is 15.6. The smallest absolute Gasteiger partial charge is 0.378 e. The standard InChI is InChI=1S/C20H19F3N6O3S/c1-12-2-4-13(5-3-12)18-26-27-19(33)28(18)11-17(30)25-9-8-24-15-7-6-14(20(21,22)23)10-16(15)29(31)32/h2-7,10,24H,8-9,11H2,1H3,(H,25,30)(H,27,33). The first-order valence-corrected chi connectivity index (χ1v) is 10.1. The fourth-order valence-corrected chi connectivity index (χ4v) is 3.19. The number of hydrogen-bond acceptors (Lipinski definition) is 6. The molecular weight excluding hydrogens is 461 g/mol. The fourth-order valence-electron chi connectivity index (χ4n) is 2.99. The molecule has 0 radical (unpaired) electrons. The van der Waals surface area contributed by atoms with E-state index in [1.165, 1.54) is 4.57 Å². The molecule has 3 aromatic rings. The molecule has 0 saturated carbocycles. The van der Waals surface area contributed by atoms with Gasteiger partial charge in [-0.25, -0.2) is 0 Å². The van der Waals surface area contributed by atoms with Gasteiger partial charge in [0.1, 0.15) is 12.2 Å². The van der Waals surface area contributed by atoms with Crippen LogP contribution in [0.1, 0.15) is 11.1 Å². The summed E-state index contributed by atoms with van der Waals surface area (Å²) in [5.41, 5.74) is -0.0613. The molecule has 174 valence electrons. The Hall–Kier alpha value is -3.74. The van der Waals surface area contributed by atoms with Crippen LogP contribution in [0, 0.1) is 21.8 Å². The second-order valence-corrected chi connectivity index (χ2v) is 7.45. The van der Waals surface area contributed by atoms with Gasteiger partial charge in [0.05, 0.1) is 10.5 Å². The summed E-state index contributed by atoms with van der Waals surface area (Å²) in [5.74, 6) is 0.109. The minimum absolute atomic E-state index is 0.0551. The third-order valence-electron chi connectivity index (χ3n) is 4.65. The highest BCUT2D eigenvalue weighted by Crippen LogP contribution is 2.34. The lowest BCUT2D eigenvalue weighted by atomic mass is 10.1. The molecule has 0 aliphatic carbocycles. The quantitative estimate of drug-likeness (QED) is 0.194. The molecule has 0 aliphatic heterocycles. The van der Waals surface area contributed by atoms with E-state index in [2.05, 4.69) is 20.8 Å². The van der Waals surface area contributed by atoms with Crippen molar-refractivity contribution in [1.29, 1.82) is 0 Å². The second kappa shape index (κ2) is 9.81. The zero-order valence-electron chi connectivity index (χ0n) is 17.3. The summed E-state index contributed by atoms with van der Waals surface area (Å²) >= 11 is 5.20. The van der Waals surface area contributed by atoms with E-state index in [4.69, 9.17) is 12.2 Å². The van der Waals surface area contributed by atoms with Gasteiger partial charge in [0.15, 0.2) is 10.6 Å². The molecule has 0 spiro atoms. The number of aromatic nitrogens is 3. The maximum absolute atomic E-state index is 12.8. The highest BCUT2D eigenvalue weighted by molar-refractivity contribution is 7.71. The Labute approximate surface area is 190 Å². The van der Waals surface area contributed by atoms with Gasteiger partial charge in [-0.3, -0.25) is 24.6 Å². The van der Waals surface area contributed by atoms with Crippen molar-refractivity contribution in [2.75, 3.05) is 18.4 Å². The fraction of sp³-hybridized carbons (Fsp3) is 0.250. The number of rotatable bonds is 8. The average Bonchev–Trinajstić information content (AvgIpc) is 3.11. The molecule has 1 heterocycles. The van der Waals surface area contributed by atoms with E-state index in [9.17, 15) is 28.1 Å². The van der Waals surface area contributed by atoms with Gasteiger partial charge in [0.25, 0.3) is 5.69 Å². The number of carbonyl (C=O) groups is 1. The van der Waals surface area contributed by atoms with Crippen LogP contribution in [0.5, 0.6) is 0 Å². The molecule has 33 heavy (non-hydrogen) atoms. The van der Waals surface area contributed by atoms with Crippen LogP contribution < -0.4 is 10.6 Å². The summed E-state index contributed by atoms with van der Waals surface area (Å²) < 4.78 is 40.2. The van der Waals surface area contributed by atoms with Gasteiger partial charge >= 0.3 is 6.18 Å². The summed E-state index contributed by atoms with van der Waals surface area (Å²) in [6.45, 7) is 1.96. The highest BCUT2D eigenvalue weighted by atomic mass is 32.1. The van der Waals surface area contributed by atoms with E-state index in [0.29, 0.717) is 11.9 Å². The number of hydrogen-bond donors (Lipinski definition) is 3. The lowest BCUT2D eigenvalue weighted by Gasteiger charge is -2.11. The Balaban J connectivity index is 1.59. The summed E-state index contributed by atoms with van der Waals surface area (Å²) in [6, 6.07) is 9.73. The molecule has 1 aromatic heterocycles. The van der Waals surface area contributed by atoms with Gasteiger partial charge in [-0.05, 0) is 31.3 Å². The zero-order valence-corrected chi connectivity index (χ0v) is 18.1. The average molecular weight is 480 g/mol. The highest BCUT2D eigenvalue weighted by Gasteiger charge is 2.33. The molecule has 13 heteroatoms. The molecule has 3 N–H and O–H groups in total. The Bertz CT molecular complexity index is 1220. The molecular formula is C20H19F3N6O3S. The number of nitro benzene ring substituents is 1. The number of amides is 1. The van der Waals surface area contributed by atoms with Gasteiger partial charge in [-0.15, -0.1) is 0 Å². The van der Waals surface area contributed by atoms with E-state index in [1.807, 2.05) is 31.2 Å². The van der Waals surface area contributed by atoms with Crippen LogP contribution in [0.3, 0.4) is 0 Å². The lowest BCUT2D eigenvalue weighted by molar-refractivity contribution is -0.384. The number of H-pyrrole nitrogens is 1. The molecule has 0 aliphatic rings. The minimum atomic E-state index is -4.69. The van der Waals surface area contributed by atoms with Crippen molar-refractivity contribution in [3.8, 4) is 11.4 Å². The van der Waals surface area contributed by atoms with Gasteiger partial charge < -0.3 is 10.6 Å². The van der Waals surface area contributed by atoms with E-state index in [0.717, 1.165) is 23.3 Å². The molecule has 1 amide bonds. The van der Waals surface area contributed by atoms with E-state index in [1.54, 1.807) is 0 Å². The van der Waals surface area contributed by atoms with Gasteiger partial charge in [-0.2, -0.15) is 18.3 Å². The van der Waals surface area contributed by atoms with E-state index in [-0.39, 0.29) is 36.0 Å². The van der Waals surface area contributed by atoms with Crippen LogP contribution in [0.15, 0.2) is 42.5 Å². The number of halogens is 3. The van der Waals surface area contributed by atoms with Crippen LogP contribution in [-0.2, 0) is 17.5 Å². The number of nitro groups is 1. The molecule has 3 rings (SSSR count). The molecule has 0 saturated heterocycles. The van der Waals surface area contributed by atoms with Crippen molar-refractivity contribution in [3.63, 3.8) is 0 Å². The third kappa shape index (κ3) is 5.94. The number of benzene rings is 2. The maximum atomic E-state index is 12.8. The monoisotopic (exact) mass is 480 g/mol. The Morgan fingerprint density at radius 3 is 2.55 bits per heavy atom. The molecule has 0 unspecified atom stereocenters. The Kier molecular flexibility index (Phi) is 7.11. The van der Waals surface area contributed by atoms with Crippen molar-refractivity contribution >= 4 is 29.5 Å². The number of alkyl halides is 3. The van der Waals surface area contributed by atoms with Gasteiger partial charge in [-0.1, -0.05) is 29.8 Å². The summed E-state index contributed by atoms with van der Waals surface area (Å²) in [6.07, 6.45) is -4.69. The van der Waals surface area contributed by atoms with Crippen molar-refractivity contribution in [3.05, 3.63) is 68.5 Å². The Morgan fingerprint density at radius 2 is 1.91 bits per heavy atom. The van der Waals surface area contributed by atoms with Crippen LogP contribution in [0.25, 0.3) is 11.4 Å². The third-order valence-corrected chi connectivity index (χ3v) is 4.97. The largest absolute Gasteiger partial charge is 0.416 e. The van der Waals surface area contributed by atoms with E-state index >= 15 is 0 Å². The lowest BCUT2D eigenvalue weighted by Crippen LogP contribution is -2.32. The summed E-state index contributed by atoms with van der Waals surface area (Å²) in [4.78, 5) is 22.6. The summed E-state index contributed by atoms with van der Waals surface area (Å²) in [7, 11) is 0. The second-order valence-electron chi connectivity index (χ2n) is 7.07. The van der Waals surface area contributed by atoms with Crippen molar-refractivity contribution in [2.24, 2.45) is 0 Å². The number of carbonyl (C=O) groups excluding carboxylic acids is 1. The number of aromatic amines is 1. The first-order valence-electron chi connectivity index (χ1n) is 9.64. The van der Waals surface area contributed by atoms with Crippen LogP contribution in [-0.4, -0.2) is 38.7 Å². The topological polar surface area (TPSA) is 118 Å². The summed E-state index contributed by atoms with van der Waals surface area (Å²) in [5, 5.41) is 23.2. The molecule has 0 fully saturated rings. The van der Waals surface area contributed by atoms with Gasteiger partial charge in [0, 0.05) is 24.7 Å². The van der Waals surface area contributed by atoms with Crippen LogP contribution >= 0.6 is 12.2 Å². The number of nitrogens with one attached hydrogen (secondary N) is 3. The van der Waals surface area contributed by atoms with Crippen molar-refractivity contribution in [1.82, 2.24) is 20.1 Å². The normalized spacial score (nSPS) is 11.3. The molecule has 0 bridgehead atoms. The van der Waals surface area contributed by atoms with Crippen molar-refractivity contribution < 1.29 is 22.9 Å². The number of nitrogens with zero attached hydrogens (tertiary/aromatic N) is 3. The maximum Gasteiger partial charge on any atom is 0.416 e. The minimum Gasteiger partial charge on any atom is -0.378 e. The van der Waals surface area contributed by atoms with Gasteiger partial charge in [0.2, 0.25) is 5.91 Å². The van der Waals surface area contributed by atoms with E-state index < -0.39 is 22.4 Å². The Morgan fingerprint density at radius 1 is 1.21 bits per heavy atom. The predicted molar refractivity (Wildman–Crippen MR) is 117 cm³/mol. The van der Waals surface area contributed by atoms with Crippen molar-refractivity contribution in [2.45, 2.75) is 19.6 Å². The zero-order chi connectivity index (χ0) is 24.2. The van der Waals surface area contributed by atoms with Crippen LogP contribution in [0.4, 0.5) is 24.5 Å². The molecule has 9 nitrogen and oxygen atoms in total.